The molecule has 19 heavy (non-hydrogen) atoms. The van der Waals surface area contributed by atoms with Gasteiger partial charge in [0.2, 0.25) is 5.91 Å². The minimum absolute atomic E-state index is 0.114. The Morgan fingerprint density at radius 2 is 2.32 bits per heavy atom. The number of aromatic nitrogens is 1. The Kier molecular flexibility index (Phi) is 3.51. The van der Waals surface area contributed by atoms with Crippen molar-refractivity contribution in [1.82, 2.24) is 10.3 Å². The fourth-order valence-electron chi connectivity index (χ4n) is 2.70. The predicted molar refractivity (Wildman–Crippen MR) is 77.1 cm³/mol. The lowest BCUT2D eigenvalue weighted by atomic mass is 9.96. The summed E-state index contributed by atoms with van der Waals surface area (Å²) in [7, 11) is 0. The fraction of sp³-hybridized carbons (Fsp3) is 0.400. The minimum atomic E-state index is 0.114. The lowest BCUT2D eigenvalue weighted by Crippen LogP contribution is -2.32. The predicted octanol–water partition coefficient (Wildman–Crippen LogP) is 2.50. The molecular weight excluding hydrogens is 238 g/mol. The molecule has 0 aliphatic carbocycles. The van der Waals surface area contributed by atoms with E-state index in [0.717, 1.165) is 36.1 Å². The summed E-state index contributed by atoms with van der Waals surface area (Å²) in [5.41, 5.74) is 1.97. The first kappa shape index (κ1) is 12.2. The first-order valence-corrected chi connectivity index (χ1v) is 6.89. The highest BCUT2D eigenvalue weighted by Gasteiger charge is 2.16. The third-order valence-corrected chi connectivity index (χ3v) is 3.71. The maximum atomic E-state index is 12.0. The van der Waals surface area contributed by atoms with Crippen LogP contribution in [-0.2, 0) is 4.79 Å². The van der Waals surface area contributed by atoms with Crippen molar-refractivity contribution >= 4 is 22.5 Å². The van der Waals surface area contributed by atoms with Crippen LogP contribution < -0.4 is 10.6 Å². The number of rotatable bonds is 3. The van der Waals surface area contributed by atoms with Crippen LogP contribution in [0.4, 0.5) is 5.69 Å². The Balaban J connectivity index is 1.61. The van der Waals surface area contributed by atoms with E-state index in [4.69, 9.17) is 0 Å². The summed E-state index contributed by atoms with van der Waals surface area (Å²) >= 11 is 0. The van der Waals surface area contributed by atoms with E-state index in [1.165, 1.54) is 6.42 Å². The number of hydrogen-bond acceptors (Lipinski definition) is 2. The van der Waals surface area contributed by atoms with Crippen LogP contribution in [0.25, 0.3) is 10.9 Å². The summed E-state index contributed by atoms with van der Waals surface area (Å²) in [6.07, 6.45) is 4.84. The summed E-state index contributed by atoms with van der Waals surface area (Å²) in [6.45, 7) is 2.05. The molecule has 1 amide bonds. The van der Waals surface area contributed by atoms with E-state index in [0.29, 0.717) is 12.3 Å². The van der Waals surface area contributed by atoms with Gasteiger partial charge in [-0.2, -0.15) is 0 Å². The van der Waals surface area contributed by atoms with E-state index < -0.39 is 0 Å². The number of H-pyrrole nitrogens is 1. The van der Waals surface area contributed by atoms with E-state index in [1.807, 2.05) is 30.5 Å². The molecule has 0 spiro atoms. The van der Waals surface area contributed by atoms with Crippen molar-refractivity contribution in [2.45, 2.75) is 19.3 Å². The molecule has 100 valence electrons. The highest BCUT2D eigenvalue weighted by atomic mass is 16.1. The van der Waals surface area contributed by atoms with Gasteiger partial charge >= 0.3 is 0 Å². The number of aromatic amines is 1. The van der Waals surface area contributed by atoms with Crippen LogP contribution in [0.15, 0.2) is 30.5 Å². The van der Waals surface area contributed by atoms with Gasteiger partial charge < -0.3 is 15.6 Å². The van der Waals surface area contributed by atoms with Gasteiger partial charge in [-0.1, -0.05) is 0 Å². The summed E-state index contributed by atoms with van der Waals surface area (Å²) in [6, 6.07) is 7.95. The largest absolute Gasteiger partial charge is 0.361 e. The van der Waals surface area contributed by atoms with Crippen molar-refractivity contribution in [2.75, 3.05) is 18.4 Å². The van der Waals surface area contributed by atoms with Crippen LogP contribution in [0, 0.1) is 5.92 Å². The van der Waals surface area contributed by atoms with Gasteiger partial charge in [0, 0.05) is 29.2 Å². The zero-order chi connectivity index (χ0) is 13.1. The van der Waals surface area contributed by atoms with E-state index in [9.17, 15) is 4.79 Å². The molecule has 0 saturated carbocycles. The third-order valence-electron chi connectivity index (χ3n) is 3.71. The molecule has 1 saturated heterocycles. The van der Waals surface area contributed by atoms with Crippen LogP contribution >= 0.6 is 0 Å². The average Bonchev–Trinajstić information content (AvgIpc) is 2.87. The summed E-state index contributed by atoms with van der Waals surface area (Å²) in [5.74, 6) is 0.591. The van der Waals surface area contributed by atoms with Gasteiger partial charge in [-0.25, -0.2) is 0 Å². The second-order valence-electron chi connectivity index (χ2n) is 5.24. The van der Waals surface area contributed by atoms with Crippen molar-refractivity contribution in [1.29, 1.82) is 0 Å². The molecule has 4 nitrogen and oxygen atoms in total. The highest BCUT2D eigenvalue weighted by molar-refractivity contribution is 5.93. The van der Waals surface area contributed by atoms with Crippen molar-refractivity contribution in [3.05, 3.63) is 30.5 Å². The van der Waals surface area contributed by atoms with Crippen LogP contribution in [-0.4, -0.2) is 24.0 Å². The zero-order valence-corrected chi connectivity index (χ0v) is 10.9. The maximum absolute atomic E-state index is 12.0. The molecule has 3 N–H and O–H groups in total. The van der Waals surface area contributed by atoms with E-state index >= 15 is 0 Å². The number of amides is 1. The second-order valence-corrected chi connectivity index (χ2v) is 5.24. The molecule has 2 heterocycles. The molecule has 4 heteroatoms. The molecule has 1 aromatic heterocycles. The van der Waals surface area contributed by atoms with Crippen LogP contribution in [0.1, 0.15) is 19.3 Å². The normalized spacial score (nSPS) is 19.5. The summed E-state index contributed by atoms with van der Waals surface area (Å²) in [4.78, 5) is 15.2. The minimum Gasteiger partial charge on any atom is -0.361 e. The second kappa shape index (κ2) is 5.45. The van der Waals surface area contributed by atoms with Crippen molar-refractivity contribution in [3.8, 4) is 0 Å². The molecule has 2 aromatic rings. The number of nitrogens with one attached hydrogen (secondary N) is 3. The number of anilines is 1. The van der Waals surface area contributed by atoms with Crippen molar-refractivity contribution in [3.63, 3.8) is 0 Å². The topological polar surface area (TPSA) is 56.9 Å². The van der Waals surface area contributed by atoms with Gasteiger partial charge in [0.15, 0.2) is 0 Å². The maximum Gasteiger partial charge on any atom is 0.224 e. The van der Waals surface area contributed by atoms with E-state index in [1.54, 1.807) is 0 Å². The van der Waals surface area contributed by atoms with Crippen LogP contribution in [0.2, 0.25) is 0 Å². The van der Waals surface area contributed by atoms with Crippen LogP contribution in [0.3, 0.4) is 0 Å². The molecular formula is C15H19N3O. The molecule has 0 bridgehead atoms. The number of carbonyl (C=O) groups excluding carboxylic acids is 1. The SMILES string of the molecule is O=C(CC1CCCNC1)Nc1ccc2[nH]ccc2c1. The lowest BCUT2D eigenvalue weighted by molar-refractivity contribution is -0.117. The van der Waals surface area contributed by atoms with Gasteiger partial charge in [-0.05, 0) is 56.1 Å². The van der Waals surface area contributed by atoms with Gasteiger partial charge in [0.1, 0.15) is 0 Å². The average molecular weight is 257 g/mol. The Hall–Kier alpha value is -1.81. The van der Waals surface area contributed by atoms with E-state index in [2.05, 4.69) is 15.6 Å². The smallest absolute Gasteiger partial charge is 0.224 e. The number of fused-ring (bicyclic) bond motifs is 1. The molecule has 1 aliphatic rings. The zero-order valence-electron chi connectivity index (χ0n) is 10.9. The molecule has 0 radical (unpaired) electrons. The van der Waals surface area contributed by atoms with E-state index in [-0.39, 0.29) is 5.91 Å². The molecule has 1 atom stereocenters. The molecule has 1 aromatic carbocycles. The fourth-order valence-corrected chi connectivity index (χ4v) is 2.70. The van der Waals surface area contributed by atoms with Crippen molar-refractivity contribution in [2.24, 2.45) is 5.92 Å². The molecule has 1 fully saturated rings. The van der Waals surface area contributed by atoms with Gasteiger partial charge in [-0.15, -0.1) is 0 Å². The summed E-state index contributed by atoms with van der Waals surface area (Å²) in [5, 5.41) is 7.45. The Morgan fingerprint density at radius 3 is 3.16 bits per heavy atom. The Labute approximate surface area is 112 Å². The standard InChI is InChI=1S/C15H19N3O/c19-15(8-11-2-1-6-16-10-11)18-13-3-4-14-12(9-13)5-7-17-14/h3-5,7,9,11,16-17H,1-2,6,8,10H2,(H,18,19). The Bertz CT molecular complexity index is 570. The number of piperidine rings is 1. The van der Waals surface area contributed by atoms with Gasteiger partial charge in [0.05, 0.1) is 0 Å². The number of carbonyl (C=O) groups is 1. The van der Waals surface area contributed by atoms with Crippen LogP contribution in [0.5, 0.6) is 0 Å². The van der Waals surface area contributed by atoms with Gasteiger partial charge in [0.25, 0.3) is 0 Å². The first-order valence-electron chi connectivity index (χ1n) is 6.89. The first-order chi connectivity index (χ1) is 9.31. The monoisotopic (exact) mass is 257 g/mol. The van der Waals surface area contributed by atoms with Crippen molar-refractivity contribution < 1.29 is 4.79 Å². The Morgan fingerprint density at radius 1 is 1.37 bits per heavy atom. The third kappa shape index (κ3) is 2.96. The quantitative estimate of drug-likeness (QED) is 0.791. The molecule has 1 unspecified atom stereocenters. The van der Waals surface area contributed by atoms with Gasteiger partial charge in [-0.3, -0.25) is 4.79 Å². The highest BCUT2D eigenvalue weighted by Crippen LogP contribution is 2.19. The summed E-state index contributed by atoms with van der Waals surface area (Å²) < 4.78 is 0. The molecule has 3 rings (SSSR count). The lowest BCUT2D eigenvalue weighted by Gasteiger charge is -2.22. The number of hydrogen-bond donors (Lipinski definition) is 3. The molecule has 1 aliphatic heterocycles. The number of benzene rings is 1.